The van der Waals surface area contributed by atoms with Crippen molar-refractivity contribution in [1.82, 2.24) is 9.66 Å². The number of esters is 1. The molecule has 0 aliphatic rings. The second-order valence-electron chi connectivity index (χ2n) is 7.87. The van der Waals surface area contributed by atoms with Crippen molar-refractivity contribution >= 4 is 62.2 Å². The van der Waals surface area contributed by atoms with Gasteiger partial charge in [0.05, 0.1) is 27.7 Å². The number of hydrogen-bond acceptors (Lipinski definition) is 5. The summed E-state index contributed by atoms with van der Waals surface area (Å²) in [6.45, 7) is 0. The number of benzene rings is 4. The van der Waals surface area contributed by atoms with Crippen LogP contribution in [-0.2, 0) is 0 Å². The van der Waals surface area contributed by atoms with E-state index < -0.39 is 5.97 Å². The van der Waals surface area contributed by atoms with Gasteiger partial charge in [-0.3, -0.25) is 4.79 Å². The van der Waals surface area contributed by atoms with Gasteiger partial charge >= 0.3 is 5.97 Å². The minimum absolute atomic E-state index is 0.242. The maximum absolute atomic E-state index is 13.4. The summed E-state index contributed by atoms with van der Waals surface area (Å²) in [5, 5.41) is 5.61. The average Bonchev–Trinajstić information content (AvgIpc) is 2.89. The second kappa shape index (κ2) is 10.7. The molecule has 0 spiro atoms. The van der Waals surface area contributed by atoms with E-state index in [9.17, 15) is 9.59 Å². The Morgan fingerprint density at radius 1 is 0.946 bits per heavy atom. The molecule has 6 nitrogen and oxygen atoms in total. The van der Waals surface area contributed by atoms with Gasteiger partial charge in [0.25, 0.3) is 5.56 Å². The molecule has 0 atom stereocenters. The van der Waals surface area contributed by atoms with Gasteiger partial charge in [-0.2, -0.15) is 9.78 Å². The first-order valence-corrected chi connectivity index (χ1v) is 12.5. The minimum atomic E-state index is -0.522. The second-order valence-corrected chi connectivity index (χ2v) is 9.63. The Kier molecular flexibility index (Phi) is 7.19. The van der Waals surface area contributed by atoms with Gasteiger partial charge in [-0.15, -0.1) is 0 Å². The fourth-order valence-corrected chi connectivity index (χ4v) is 4.38. The summed E-state index contributed by atoms with van der Waals surface area (Å²) in [7, 11) is 0. The van der Waals surface area contributed by atoms with E-state index in [-0.39, 0.29) is 17.1 Å². The Morgan fingerprint density at radius 2 is 1.68 bits per heavy atom. The van der Waals surface area contributed by atoms with Gasteiger partial charge in [0, 0.05) is 20.6 Å². The molecule has 0 aliphatic carbocycles. The third kappa shape index (κ3) is 5.34. The van der Waals surface area contributed by atoms with Gasteiger partial charge in [0.2, 0.25) is 0 Å². The zero-order valence-corrected chi connectivity index (χ0v) is 22.0. The highest BCUT2D eigenvalue weighted by atomic mass is 79.9. The SMILES string of the molecule is O=C(Oc1ccccc1C=Nn1c(-c2ccc(Cl)cc2Cl)nc2ccccc2c1=O)c1ccc(Br)cc1. The topological polar surface area (TPSA) is 73.5 Å². The summed E-state index contributed by atoms with van der Waals surface area (Å²) >= 11 is 15.9. The van der Waals surface area contributed by atoms with Crippen LogP contribution in [-0.4, -0.2) is 21.8 Å². The van der Waals surface area contributed by atoms with Gasteiger partial charge in [0.1, 0.15) is 5.75 Å². The van der Waals surface area contributed by atoms with Crippen molar-refractivity contribution in [2.45, 2.75) is 0 Å². The fraction of sp³-hybridized carbons (Fsp3) is 0. The lowest BCUT2D eigenvalue weighted by molar-refractivity contribution is 0.0734. The number of aromatic nitrogens is 2. The highest BCUT2D eigenvalue weighted by molar-refractivity contribution is 9.10. The number of ether oxygens (including phenoxy) is 1. The maximum Gasteiger partial charge on any atom is 0.343 e. The molecule has 0 bridgehead atoms. The molecule has 182 valence electrons. The molecular weight excluding hydrogens is 577 g/mol. The first kappa shape index (κ1) is 24.9. The summed E-state index contributed by atoms with van der Waals surface area (Å²) in [5.74, 6) is 0.00419. The molecule has 5 rings (SSSR count). The molecule has 0 radical (unpaired) electrons. The fourth-order valence-electron chi connectivity index (χ4n) is 3.62. The van der Waals surface area contributed by atoms with Crippen molar-refractivity contribution < 1.29 is 9.53 Å². The Balaban J connectivity index is 1.58. The number of para-hydroxylation sites is 2. The number of carbonyl (C=O) groups is 1. The molecule has 0 amide bonds. The molecule has 4 aromatic carbocycles. The maximum atomic E-state index is 13.4. The summed E-state index contributed by atoms with van der Waals surface area (Å²) in [6, 6.07) is 25.6. The van der Waals surface area contributed by atoms with E-state index in [4.69, 9.17) is 27.9 Å². The Bertz CT molecular complexity index is 1730. The molecule has 0 unspecified atom stereocenters. The lowest BCUT2D eigenvalue weighted by Crippen LogP contribution is -2.20. The van der Waals surface area contributed by atoms with E-state index in [1.165, 1.54) is 10.9 Å². The molecule has 9 heteroatoms. The molecule has 1 aromatic heterocycles. The van der Waals surface area contributed by atoms with Gasteiger partial charge in [0.15, 0.2) is 5.82 Å². The smallest absolute Gasteiger partial charge is 0.343 e. The van der Waals surface area contributed by atoms with E-state index in [1.54, 1.807) is 91.0 Å². The van der Waals surface area contributed by atoms with Crippen molar-refractivity contribution in [3.63, 3.8) is 0 Å². The number of halogens is 3. The zero-order valence-electron chi connectivity index (χ0n) is 18.9. The predicted molar refractivity (Wildman–Crippen MR) is 150 cm³/mol. The molecule has 0 aliphatic heterocycles. The van der Waals surface area contributed by atoms with Crippen molar-refractivity contribution in [2.24, 2.45) is 5.10 Å². The van der Waals surface area contributed by atoms with E-state index in [2.05, 4.69) is 26.0 Å². The highest BCUT2D eigenvalue weighted by Gasteiger charge is 2.16. The van der Waals surface area contributed by atoms with Crippen molar-refractivity contribution in [3.8, 4) is 17.1 Å². The molecule has 0 saturated carbocycles. The van der Waals surface area contributed by atoms with Crippen LogP contribution in [0.2, 0.25) is 10.0 Å². The van der Waals surface area contributed by atoms with E-state index in [0.29, 0.717) is 37.6 Å². The number of hydrogen-bond donors (Lipinski definition) is 0. The lowest BCUT2D eigenvalue weighted by atomic mass is 10.2. The summed E-state index contributed by atoms with van der Waals surface area (Å²) in [5.41, 5.74) is 1.49. The van der Waals surface area contributed by atoms with Crippen LogP contribution in [0.3, 0.4) is 0 Å². The number of rotatable bonds is 5. The first-order valence-electron chi connectivity index (χ1n) is 11.0. The zero-order chi connectivity index (χ0) is 25.9. The summed E-state index contributed by atoms with van der Waals surface area (Å²) < 4.78 is 7.64. The molecule has 37 heavy (non-hydrogen) atoms. The predicted octanol–water partition coefficient (Wildman–Crippen LogP) is 7.23. The molecular formula is C28H16BrCl2N3O3. The Morgan fingerprint density at radius 3 is 2.46 bits per heavy atom. The van der Waals surface area contributed by atoms with Crippen LogP contribution in [0.25, 0.3) is 22.3 Å². The highest BCUT2D eigenvalue weighted by Crippen LogP contribution is 2.29. The summed E-state index contributed by atoms with van der Waals surface area (Å²) in [6.07, 6.45) is 1.44. The molecule has 0 saturated heterocycles. The largest absolute Gasteiger partial charge is 0.422 e. The van der Waals surface area contributed by atoms with Gasteiger partial charge < -0.3 is 4.74 Å². The quantitative estimate of drug-likeness (QED) is 0.122. The molecule has 0 fully saturated rings. The third-order valence-corrected chi connectivity index (χ3v) is 6.52. The van der Waals surface area contributed by atoms with Crippen LogP contribution < -0.4 is 10.3 Å². The molecule has 0 N–H and O–H groups in total. The van der Waals surface area contributed by atoms with Crippen LogP contribution in [0.5, 0.6) is 5.75 Å². The number of fused-ring (bicyclic) bond motifs is 1. The van der Waals surface area contributed by atoms with Crippen molar-refractivity contribution in [3.05, 3.63) is 127 Å². The lowest BCUT2D eigenvalue weighted by Gasteiger charge is -2.11. The number of carbonyl (C=O) groups excluding carboxylic acids is 1. The van der Waals surface area contributed by atoms with Gasteiger partial charge in [-0.25, -0.2) is 9.78 Å². The van der Waals surface area contributed by atoms with Crippen LogP contribution in [0.1, 0.15) is 15.9 Å². The first-order chi connectivity index (χ1) is 17.9. The third-order valence-electron chi connectivity index (χ3n) is 5.44. The molecule has 1 heterocycles. The normalized spacial score (nSPS) is 11.2. The van der Waals surface area contributed by atoms with Crippen LogP contribution in [0.15, 0.2) is 105 Å². The number of nitrogens with zero attached hydrogens (tertiary/aromatic N) is 3. The summed E-state index contributed by atoms with van der Waals surface area (Å²) in [4.78, 5) is 30.8. The van der Waals surface area contributed by atoms with Crippen molar-refractivity contribution in [2.75, 3.05) is 0 Å². The monoisotopic (exact) mass is 591 g/mol. The van der Waals surface area contributed by atoms with Gasteiger partial charge in [-0.05, 0) is 66.7 Å². The van der Waals surface area contributed by atoms with Gasteiger partial charge in [-0.1, -0.05) is 63.4 Å². The van der Waals surface area contributed by atoms with Crippen LogP contribution in [0.4, 0.5) is 0 Å². The average molecular weight is 593 g/mol. The van der Waals surface area contributed by atoms with Crippen LogP contribution in [0, 0.1) is 0 Å². The van der Waals surface area contributed by atoms with Crippen molar-refractivity contribution in [1.29, 1.82) is 0 Å². The van der Waals surface area contributed by atoms with E-state index >= 15 is 0 Å². The molecule has 5 aromatic rings. The minimum Gasteiger partial charge on any atom is -0.422 e. The van der Waals surface area contributed by atoms with Crippen LogP contribution >= 0.6 is 39.1 Å². The van der Waals surface area contributed by atoms with E-state index in [0.717, 1.165) is 4.47 Å². The Labute approximate surface area is 229 Å². The van der Waals surface area contributed by atoms with E-state index in [1.807, 2.05) is 0 Å². The Hall–Kier alpha value is -3.78. The standard InChI is InChI=1S/C28H16BrCl2N3O3/c29-19-11-9-17(10-12-19)28(36)37-25-8-4-1-5-18(25)16-32-34-26(21-14-13-20(30)15-23(21)31)33-24-7-3-2-6-22(24)27(34)35/h1-16H.